The van der Waals surface area contributed by atoms with Gasteiger partial charge in [0.25, 0.3) is 0 Å². The lowest BCUT2D eigenvalue weighted by Gasteiger charge is -2.40. The van der Waals surface area contributed by atoms with Gasteiger partial charge in [-0.1, -0.05) is 30.3 Å². The van der Waals surface area contributed by atoms with Crippen LogP contribution in [0.25, 0.3) is 0 Å². The zero-order valence-corrected chi connectivity index (χ0v) is 14.1. The molecule has 1 N–H and O–H groups in total. The standard InChI is InChI=1S/C16H23N3O3S/c1-18-8-9-19(15(11-18)13-5-3-2-4-6-13)16(20)17-14-7-10-23(21,22)12-14/h2-6,14-15H,7-12H2,1H3,(H,17,20). The zero-order chi connectivity index (χ0) is 16.4. The van der Waals surface area contributed by atoms with Crippen molar-refractivity contribution in [2.24, 2.45) is 0 Å². The number of hydrogen-bond acceptors (Lipinski definition) is 4. The van der Waals surface area contributed by atoms with Crippen LogP contribution in [0.5, 0.6) is 0 Å². The average Bonchev–Trinajstić information content (AvgIpc) is 2.86. The fourth-order valence-corrected chi connectivity index (χ4v) is 4.96. The van der Waals surface area contributed by atoms with Crippen LogP contribution in [0.4, 0.5) is 4.79 Å². The molecule has 1 aromatic carbocycles. The topological polar surface area (TPSA) is 69.7 Å². The minimum Gasteiger partial charge on any atom is -0.334 e. The van der Waals surface area contributed by atoms with Crippen molar-refractivity contribution in [1.29, 1.82) is 0 Å². The number of carbonyl (C=O) groups excluding carboxylic acids is 1. The molecule has 0 aliphatic carbocycles. The van der Waals surface area contributed by atoms with Gasteiger partial charge in [0.05, 0.1) is 17.5 Å². The molecule has 1 aromatic rings. The number of piperazine rings is 1. The Morgan fingerprint density at radius 2 is 1.96 bits per heavy atom. The largest absolute Gasteiger partial charge is 0.334 e. The second-order valence-corrected chi connectivity index (χ2v) is 8.66. The molecular weight excluding hydrogens is 314 g/mol. The van der Waals surface area contributed by atoms with Crippen molar-refractivity contribution in [1.82, 2.24) is 15.1 Å². The molecule has 2 aliphatic rings. The maximum atomic E-state index is 12.7. The number of likely N-dealkylation sites (N-methyl/N-ethyl adjacent to an activating group) is 1. The van der Waals surface area contributed by atoms with E-state index in [2.05, 4.69) is 17.3 Å². The van der Waals surface area contributed by atoms with E-state index in [0.717, 1.165) is 18.7 Å². The summed E-state index contributed by atoms with van der Waals surface area (Å²) >= 11 is 0. The van der Waals surface area contributed by atoms with E-state index in [0.29, 0.717) is 13.0 Å². The van der Waals surface area contributed by atoms with Crippen LogP contribution < -0.4 is 5.32 Å². The Morgan fingerprint density at radius 3 is 2.61 bits per heavy atom. The highest BCUT2D eigenvalue weighted by Crippen LogP contribution is 2.25. The Labute approximate surface area is 137 Å². The molecule has 0 saturated carbocycles. The molecule has 0 spiro atoms. The number of sulfone groups is 1. The maximum Gasteiger partial charge on any atom is 0.318 e. The quantitative estimate of drug-likeness (QED) is 0.869. The molecule has 0 aromatic heterocycles. The van der Waals surface area contributed by atoms with E-state index >= 15 is 0 Å². The first-order valence-corrected chi connectivity index (χ1v) is 9.78. The van der Waals surface area contributed by atoms with Gasteiger partial charge < -0.3 is 15.1 Å². The van der Waals surface area contributed by atoms with Gasteiger partial charge >= 0.3 is 6.03 Å². The van der Waals surface area contributed by atoms with Gasteiger partial charge in [-0.2, -0.15) is 0 Å². The number of nitrogens with one attached hydrogen (secondary N) is 1. The Balaban J connectivity index is 1.72. The minimum atomic E-state index is -2.99. The number of amides is 2. The SMILES string of the molecule is CN1CCN(C(=O)NC2CCS(=O)(=O)C2)C(c2ccccc2)C1. The minimum absolute atomic E-state index is 0.00652. The predicted octanol–water partition coefficient (Wildman–Crippen LogP) is 0.872. The summed E-state index contributed by atoms with van der Waals surface area (Å²) in [7, 11) is -0.937. The van der Waals surface area contributed by atoms with E-state index in [1.807, 2.05) is 35.2 Å². The first kappa shape index (κ1) is 16.3. The molecule has 0 bridgehead atoms. The van der Waals surface area contributed by atoms with Gasteiger partial charge in [-0.3, -0.25) is 0 Å². The van der Waals surface area contributed by atoms with Crippen LogP contribution in [-0.2, 0) is 9.84 Å². The molecule has 2 amide bonds. The van der Waals surface area contributed by atoms with E-state index in [1.54, 1.807) is 0 Å². The van der Waals surface area contributed by atoms with Crippen LogP contribution in [0.2, 0.25) is 0 Å². The lowest BCUT2D eigenvalue weighted by molar-refractivity contribution is 0.107. The van der Waals surface area contributed by atoms with E-state index < -0.39 is 9.84 Å². The molecule has 2 unspecified atom stereocenters. The number of urea groups is 1. The molecule has 2 aliphatic heterocycles. The molecular formula is C16H23N3O3S. The Hall–Kier alpha value is -1.60. The van der Waals surface area contributed by atoms with E-state index in [-0.39, 0.29) is 29.6 Å². The molecule has 0 radical (unpaired) electrons. The third kappa shape index (κ3) is 3.84. The van der Waals surface area contributed by atoms with Crippen molar-refractivity contribution in [3.63, 3.8) is 0 Å². The van der Waals surface area contributed by atoms with Crippen molar-refractivity contribution < 1.29 is 13.2 Å². The number of hydrogen-bond donors (Lipinski definition) is 1. The summed E-state index contributed by atoms with van der Waals surface area (Å²) in [6.45, 7) is 2.24. The number of benzene rings is 1. The summed E-state index contributed by atoms with van der Waals surface area (Å²) in [5.74, 6) is 0.227. The molecule has 2 heterocycles. The monoisotopic (exact) mass is 337 g/mol. The van der Waals surface area contributed by atoms with Crippen LogP contribution in [0, 0.1) is 0 Å². The summed E-state index contributed by atoms with van der Waals surface area (Å²) in [6.07, 6.45) is 0.512. The third-order valence-electron chi connectivity index (χ3n) is 4.59. The van der Waals surface area contributed by atoms with Crippen molar-refractivity contribution in [3.8, 4) is 0 Å². The maximum absolute atomic E-state index is 12.7. The van der Waals surface area contributed by atoms with E-state index in [4.69, 9.17) is 0 Å². The van der Waals surface area contributed by atoms with Crippen molar-refractivity contribution in [2.75, 3.05) is 38.2 Å². The molecule has 2 atom stereocenters. The van der Waals surface area contributed by atoms with Crippen LogP contribution in [0.1, 0.15) is 18.0 Å². The van der Waals surface area contributed by atoms with Gasteiger partial charge in [0.15, 0.2) is 9.84 Å². The second kappa shape index (κ2) is 6.49. The number of carbonyl (C=O) groups is 1. The Bertz CT molecular complexity index is 662. The molecule has 7 heteroatoms. The summed E-state index contributed by atoms with van der Waals surface area (Å²) in [6, 6.07) is 9.55. The van der Waals surface area contributed by atoms with Gasteiger partial charge in [0.1, 0.15) is 0 Å². The Morgan fingerprint density at radius 1 is 1.22 bits per heavy atom. The smallest absolute Gasteiger partial charge is 0.318 e. The Kier molecular flexibility index (Phi) is 4.59. The average molecular weight is 337 g/mol. The lowest BCUT2D eigenvalue weighted by atomic mass is 10.0. The van der Waals surface area contributed by atoms with Crippen molar-refractivity contribution >= 4 is 15.9 Å². The van der Waals surface area contributed by atoms with Gasteiger partial charge in [0, 0.05) is 25.7 Å². The molecule has 2 saturated heterocycles. The molecule has 3 rings (SSSR count). The van der Waals surface area contributed by atoms with Crippen LogP contribution in [0.15, 0.2) is 30.3 Å². The molecule has 23 heavy (non-hydrogen) atoms. The molecule has 126 valence electrons. The van der Waals surface area contributed by atoms with Crippen molar-refractivity contribution in [2.45, 2.75) is 18.5 Å². The predicted molar refractivity (Wildman–Crippen MR) is 89.0 cm³/mol. The highest BCUT2D eigenvalue weighted by atomic mass is 32.2. The summed E-state index contributed by atoms with van der Waals surface area (Å²) < 4.78 is 23.1. The summed E-state index contributed by atoms with van der Waals surface area (Å²) in [4.78, 5) is 16.7. The van der Waals surface area contributed by atoms with Crippen LogP contribution in [0.3, 0.4) is 0 Å². The highest BCUT2D eigenvalue weighted by Gasteiger charge is 2.34. The number of rotatable bonds is 2. The van der Waals surface area contributed by atoms with E-state index in [9.17, 15) is 13.2 Å². The first-order valence-electron chi connectivity index (χ1n) is 7.96. The van der Waals surface area contributed by atoms with Crippen LogP contribution in [-0.4, -0.2) is 68.5 Å². The zero-order valence-electron chi connectivity index (χ0n) is 13.3. The van der Waals surface area contributed by atoms with Crippen molar-refractivity contribution in [3.05, 3.63) is 35.9 Å². The fourth-order valence-electron chi connectivity index (χ4n) is 3.29. The van der Waals surface area contributed by atoms with Gasteiger partial charge in [0.2, 0.25) is 0 Å². The lowest BCUT2D eigenvalue weighted by Crippen LogP contribution is -2.54. The normalized spacial score (nSPS) is 27.8. The van der Waals surface area contributed by atoms with Crippen LogP contribution >= 0.6 is 0 Å². The third-order valence-corrected chi connectivity index (χ3v) is 6.36. The fraction of sp³-hybridized carbons (Fsp3) is 0.562. The molecule has 6 nitrogen and oxygen atoms in total. The van der Waals surface area contributed by atoms with Gasteiger partial charge in [-0.15, -0.1) is 0 Å². The van der Waals surface area contributed by atoms with Gasteiger partial charge in [-0.05, 0) is 19.0 Å². The van der Waals surface area contributed by atoms with Gasteiger partial charge in [-0.25, -0.2) is 13.2 Å². The summed E-state index contributed by atoms with van der Waals surface area (Å²) in [5.41, 5.74) is 1.10. The van der Waals surface area contributed by atoms with E-state index in [1.165, 1.54) is 0 Å². The highest BCUT2D eigenvalue weighted by molar-refractivity contribution is 7.91. The second-order valence-electron chi connectivity index (χ2n) is 6.43. The summed E-state index contributed by atoms with van der Waals surface area (Å²) in [5, 5.41) is 2.91. The molecule has 2 fully saturated rings. The number of nitrogens with zero attached hydrogens (tertiary/aromatic N) is 2. The first-order chi connectivity index (χ1) is 10.9.